The van der Waals surface area contributed by atoms with Gasteiger partial charge in [-0.05, 0) is 17.7 Å². The van der Waals surface area contributed by atoms with E-state index in [2.05, 4.69) is 5.32 Å². The Balaban J connectivity index is 2.25. The number of nitrogens with one attached hydrogen (secondary N) is 1. The third-order valence-corrected chi connectivity index (χ3v) is 3.21. The van der Waals surface area contributed by atoms with Crippen LogP contribution in [-0.2, 0) is 13.1 Å². The van der Waals surface area contributed by atoms with Crippen molar-refractivity contribution < 1.29 is 18.7 Å². The fourth-order valence-corrected chi connectivity index (χ4v) is 2.32. The lowest BCUT2D eigenvalue weighted by atomic mass is 10.1. The Bertz CT molecular complexity index is 680. The summed E-state index contributed by atoms with van der Waals surface area (Å²) in [7, 11) is 0. The monoisotopic (exact) mass is 264 g/mol. The summed E-state index contributed by atoms with van der Waals surface area (Å²) >= 11 is 0. The van der Waals surface area contributed by atoms with E-state index in [1.165, 1.54) is 6.07 Å². The van der Waals surface area contributed by atoms with E-state index in [0.717, 1.165) is 12.1 Å². The van der Waals surface area contributed by atoms with Gasteiger partial charge >= 0.3 is 5.97 Å². The second-order valence-electron chi connectivity index (χ2n) is 4.35. The molecule has 6 heteroatoms. The number of carbonyl (C=O) groups is 1. The molecule has 0 amide bonds. The SMILES string of the molecule is O=C(O)c1ccn2c1CNCc1cc(F)c(F)cc1-2. The van der Waals surface area contributed by atoms with Gasteiger partial charge in [0.15, 0.2) is 11.6 Å². The third kappa shape index (κ3) is 1.80. The van der Waals surface area contributed by atoms with Crippen LogP contribution < -0.4 is 5.32 Å². The molecular formula is C13H10F2N2O2. The number of aromatic carboxylic acids is 1. The molecule has 2 heterocycles. The van der Waals surface area contributed by atoms with Crippen molar-refractivity contribution in [2.75, 3.05) is 0 Å². The lowest BCUT2D eigenvalue weighted by molar-refractivity contribution is 0.0695. The topological polar surface area (TPSA) is 54.3 Å². The van der Waals surface area contributed by atoms with E-state index >= 15 is 0 Å². The Morgan fingerprint density at radius 2 is 2.00 bits per heavy atom. The van der Waals surface area contributed by atoms with E-state index < -0.39 is 17.6 Å². The number of nitrogens with zero attached hydrogens (tertiary/aromatic N) is 1. The Kier molecular flexibility index (Phi) is 2.60. The highest BCUT2D eigenvalue weighted by atomic mass is 19.2. The van der Waals surface area contributed by atoms with Crippen LogP contribution in [0.2, 0.25) is 0 Å². The molecule has 3 rings (SSSR count). The zero-order chi connectivity index (χ0) is 13.6. The first-order valence-electron chi connectivity index (χ1n) is 5.70. The smallest absolute Gasteiger partial charge is 0.337 e. The molecular weight excluding hydrogens is 254 g/mol. The van der Waals surface area contributed by atoms with Crippen LogP contribution in [0.4, 0.5) is 8.78 Å². The van der Waals surface area contributed by atoms with Gasteiger partial charge < -0.3 is 15.0 Å². The molecule has 0 fully saturated rings. The molecule has 98 valence electrons. The molecule has 1 aromatic heterocycles. The maximum Gasteiger partial charge on any atom is 0.337 e. The van der Waals surface area contributed by atoms with Crippen molar-refractivity contribution in [2.24, 2.45) is 0 Å². The maximum atomic E-state index is 13.4. The van der Waals surface area contributed by atoms with Gasteiger partial charge in [0.1, 0.15) is 0 Å². The average molecular weight is 264 g/mol. The molecule has 0 unspecified atom stereocenters. The first-order chi connectivity index (χ1) is 9.08. The number of benzene rings is 1. The van der Waals surface area contributed by atoms with Gasteiger partial charge in [-0.3, -0.25) is 0 Å². The second kappa shape index (κ2) is 4.17. The summed E-state index contributed by atoms with van der Waals surface area (Å²) in [6.45, 7) is 0.680. The van der Waals surface area contributed by atoms with E-state index in [9.17, 15) is 13.6 Å². The van der Waals surface area contributed by atoms with Gasteiger partial charge in [0.25, 0.3) is 0 Å². The lowest BCUT2D eigenvalue weighted by Gasteiger charge is -2.10. The minimum atomic E-state index is -1.04. The van der Waals surface area contributed by atoms with Crippen molar-refractivity contribution in [3.8, 4) is 5.69 Å². The van der Waals surface area contributed by atoms with Crippen molar-refractivity contribution in [3.63, 3.8) is 0 Å². The Labute approximate surface area is 107 Å². The Morgan fingerprint density at radius 3 is 2.74 bits per heavy atom. The summed E-state index contributed by atoms with van der Waals surface area (Å²) in [6, 6.07) is 3.68. The molecule has 1 aliphatic heterocycles. The van der Waals surface area contributed by atoms with Crippen LogP contribution in [-0.4, -0.2) is 15.6 Å². The molecule has 2 N–H and O–H groups in total. The molecule has 4 nitrogen and oxygen atoms in total. The fourth-order valence-electron chi connectivity index (χ4n) is 2.32. The first-order valence-corrected chi connectivity index (χ1v) is 5.70. The molecule has 19 heavy (non-hydrogen) atoms. The number of halogens is 2. The van der Waals surface area contributed by atoms with Gasteiger partial charge in [0.05, 0.1) is 16.9 Å². The van der Waals surface area contributed by atoms with E-state index in [-0.39, 0.29) is 5.56 Å². The quantitative estimate of drug-likeness (QED) is 0.829. The number of hydrogen-bond donors (Lipinski definition) is 2. The molecule has 0 atom stereocenters. The maximum absolute atomic E-state index is 13.4. The zero-order valence-corrected chi connectivity index (χ0v) is 9.78. The van der Waals surface area contributed by atoms with Crippen LogP contribution in [0.15, 0.2) is 24.4 Å². The minimum absolute atomic E-state index is 0.157. The average Bonchev–Trinajstić information content (AvgIpc) is 2.70. The largest absolute Gasteiger partial charge is 0.478 e. The molecule has 0 aliphatic carbocycles. The summed E-state index contributed by atoms with van der Waals surface area (Å²) in [5, 5.41) is 12.1. The van der Waals surface area contributed by atoms with Gasteiger partial charge in [0, 0.05) is 25.4 Å². The van der Waals surface area contributed by atoms with Crippen molar-refractivity contribution in [1.82, 2.24) is 9.88 Å². The highest BCUT2D eigenvalue weighted by Crippen LogP contribution is 2.25. The van der Waals surface area contributed by atoms with E-state index in [4.69, 9.17) is 5.11 Å². The number of rotatable bonds is 1. The molecule has 0 bridgehead atoms. The predicted molar refractivity (Wildman–Crippen MR) is 63.2 cm³/mol. The van der Waals surface area contributed by atoms with Crippen LogP contribution in [0.25, 0.3) is 5.69 Å². The summed E-state index contributed by atoms with van der Waals surface area (Å²) in [5.41, 5.74) is 1.74. The number of fused-ring (bicyclic) bond motifs is 3. The van der Waals surface area contributed by atoms with Crippen molar-refractivity contribution >= 4 is 5.97 Å². The highest BCUT2D eigenvalue weighted by Gasteiger charge is 2.21. The Morgan fingerprint density at radius 1 is 1.26 bits per heavy atom. The third-order valence-electron chi connectivity index (χ3n) is 3.21. The molecule has 2 aromatic rings. The molecule has 1 aromatic carbocycles. The van der Waals surface area contributed by atoms with Crippen LogP contribution in [0, 0.1) is 11.6 Å². The zero-order valence-electron chi connectivity index (χ0n) is 9.78. The molecule has 0 saturated heterocycles. The summed E-state index contributed by atoms with van der Waals surface area (Å²) in [5.74, 6) is -2.90. The van der Waals surface area contributed by atoms with Crippen LogP contribution in [0.1, 0.15) is 21.6 Å². The summed E-state index contributed by atoms with van der Waals surface area (Å²) in [6.07, 6.45) is 1.56. The number of hydrogen-bond acceptors (Lipinski definition) is 2. The lowest BCUT2D eigenvalue weighted by Crippen LogP contribution is -2.13. The molecule has 0 saturated carbocycles. The number of carboxylic acid groups (broad SMARTS) is 1. The van der Waals surface area contributed by atoms with Crippen molar-refractivity contribution in [3.05, 3.63) is 52.9 Å². The van der Waals surface area contributed by atoms with E-state index in [0.29, 0.717) is 30.0 Å². The van der Waals surface area contributed by atoms with Gasteiger partial charge in [-0.2, -0.15) is 0 Å². The number of aromatic nitrogens is 1. The molecule has 0 radical (unpaired) electrons. The predicted octanol–water partition coefficient (Wildman–Crippen LogP) is 2.06. The molecule has 0 spiro atoms. The van der Waals surface area contributed by atoms with Gasteiger partial charge in [0.2, 0.25) is 0 Å². The normalized spacial score (nSPS) is 13.6. The van der Waals surface area contributed by atoms with Crippen molar-refractivity contribution in [2.45, 2.75) is 13.1 Å². The fraction of sp³-hybridized carbons (Fsp3) is 0.154. The van der Waals surface area contributed by atoms with Crippen LogP contribution in [0.3, 0.4) is 0 Å². The van der Waals surface area contributed by atoms with Crippen LogP contribution >= 0.6 is 0 Å². The summed E-state index contributed by atoms with van der Waals surface area (Å²) in [4.78, 5) is 11.1. The van der Waals surface area contributed by atoms with Gasteiger partial charge in [-0.25, -0.2) is 13.6 Å². The van der Waals surface area contributed by atoms with Gasteiger partial charge in [-0.15, -0.1) is 0 Å². The van der Waals surface area contributed by atoms with Crippen LogP contribution in [0.5, 0.6) is 0 Å². The Hall–Kier alpha value is -2.21. The highest BCUT2D eigenvalue weighted by molar-refractivity contribution is 5.89. The number of carboxylic acids is 1. The summed E-state index contributed by atoms with van der Waals surface area (Å²) < 4.78 is 28.2. The first kappa shape index (κ1) is 11.9. The minimum Gasteiger partial charge on any atom is -0.478 e. The van der Waals surface area contributed by atoms with E-state index in [1.54, 1.807) is 10.8 Å². The second-order valence-corrected chi connectivity index (χ2v) is 4.35. The molecule has 1 aliphatic rings. The van der Waals surface area contributed by atoms with Gasteiger partial charge in [-0.1, -0.05) is 0 Å². The van der Waals surface area contributed by atoms with E-state index in [1.807, 2.05) is 0 Å². The van der Waals surface area contributed by atoms with Crippen molar-refractivity contribution in [1.29, 1.82) is 0 Å². The standard InChI is InChI=1S/C13H10F2N2O2/c14-9-3-7-5-16-6-12-8(13(18)19)1-2-17(12)11(7)4-10(9)15/h1-4,16H,5-6H2,(H,18,19).